The maximum atomic E-state index is 12.6. The molecule has 0 atom stereocenters. The van der Waals surface area contributed by atoms with E-state index in [-0.39, 0.29) is 5.69 Å². The van der Waals surface area contributed by atoms with Crippen molar-refractivity contribution in [3.05, 3.63) is 34.9 Å². The van der Waals surface area contributed by atoms with Crippen LogP contribution in [0, 0.1) is 17.0 Å². The standard InChI is InChI=1S/C6H4F2N3/c7-4-1-2-6(10-11-9)5(8)3-4/h1-3,10H/q+1. The monoisotopic (exact) mass is 156 g/mol. The van der Waals surface area contributed by atoms with E-state index in [0.29, 0.717) is 6.07 Å². The Morgan fingerprint density at radius 3 is 2.64 bits per heavy atom. The van der Waals surface area contributed by atoms with Gasteiger partial charge in [-0.25, -0.2) is 8.78 Å². The highest BCUT2D eigenvalue weighted by molar-refractivity contribution is 5.45. The van der Waals surface area contributed by atoms with Crippen molar-refractivity contribution in [2.75, 3.05) is 5.43 Å². The van der Waals surface area contributed by atoms with Crippen LogP contribution in [0.3, 0.4) is 0 Å². The Bertz CT molecular complexity index is 305. The van der Waals surface area contributed by atoms with Crippen LogP contribution in [-0.4, -0.2) is 0 Å². The number of nitrogens with one attached hydrogen (secondary N) is 1. The molecule has 0 heterocycles. The molecule has 0 bridgehead atoms. The molecule has 0 amide bonds. The zero-order chi connectivity index (χ0) is 8.27. The first-order chi connectivity index (χ1) is 5.24. The number of benzene rings is 1. The second-order valence-corrected chi connectivity index (χ2v) is 1.84. The molecule has 56 valence electrons. The van der Waals surface area contributed by atoms with Crippen molar-refractivity contribution in [1.82, 2.24) is 0 Å². The van der Waals surface area contributed by atoms with Crippen LogP contribution in [0.15, 0.2) is 18.2 Å². The first kappa shape index (κ1) is 7.41. The van der Waals surface area contributed by atoms with Crippen LogP contribution < -0.4 is 5.43 Å². The number of rotatable bonds is 1. The lowest BCUT2D eigenvalue weighted by atomic mass is 10.3. The highest BCUT2D eigenvalue weighted by Gasteiger charge is 2.06. The van der Waals surface area contributed by atoms with Gasteiger partial charge in [0.15, 0.2) is 11.5 Å². The van der Waals surface area contributed by atoms with Crippen LogP contribution in [0.2, 0.25) is 0 Å². The van der Waals surface area contributed by atoms with E-state index in [1.807, 2.05) is 5.43 Å². The predicted octanol–water partition coefficient (Wildman–Crippen LogP) is 2.14. The van der Waals surface area contributed by atoms with Crippen molar-refractivity contribution in [1.29, 1.82) is 5.39 Å². The van der Waals surface area contributed by atoms with E-state index in [2.05, 4.69) is 5.08 Å². The minimum Gasteiger partial charge on any atom is -0.207 e. The summed E-state index contributed by atoms with van der Waals surface area (Å²) in [5.74, 6) is -1.48. The van der Waals surface area contributed by atoms with E-state index in [1.54, 1.807) is 0 Å². The van der Waals surface area contributed by atoms with Gasteiger partial charge < -0.3 is 0 Å². The fourth-order valence-electron chi connectivity index (χ4n) is 0.634. The molecule has 1 aromatic rings. The average Bonchev–Trinajstić information content (AvgIpc) is 1.95. The molecule has 1 aromatic carbocycles. The van der Waals surface area contributed by atoms with Crippen molar-refractivity contribution < 1.29 is 8.78 Å². The van der Waals surface area contributed by atoms with Crippen LogP contribution in [0.4, 0.5) is 14.5 Å². The number of hydrogen-bond acceptors (Lipinski definition) is 2. The number of anilines is 1. The molecule has 0 unspecified atom stereocenters. The first-order valence-electron chi connectivity index (χ1n) is 2.79. The van der Waals surface area contributed by atoms with Crippen LogP contribution in [0.5, 0.6) is 0 Å². The predicted molar refractivity (Wildman–Crippen MR) is 35.1 cm³/mol. The van der Waals surface area contributed by atoms with Gasteiger partial charge in [-0.2, -0.15) is 0 Å². The Kier molecular flexibility index (Phi) is 1.97. The zero-order valence-corrected chi connectivity index (χ0v) is 5.38. The SMILES string of the molecule is N#[N+]Nc1ccc(F)cc1F. The molecule has 3 nitrogen and oxygen atoms in total. The fraction of sp³-hybridized carbons (Fsp3) is 0. The molecule has 1 rings (SSSR count). The van der Waals surface area contributed by atoms with Crippen LogP contribution in [0.25, 0.3) is 5.08 Å². The Labute approximate surface area is 61.2 Å². The summed E-state index contributed by atoms with van der Waals surface area (Å²) in [7, 11) is 0. The number of halogens is 2. The molecule has 5 heteroatoms. The second-order valence-electron chi connectivity index (χ2n) is 1.84. The molecule has 0 radical (unpaired) electrons. The summed E-state index contributed by atoms with van der Waals surface area (Å²) in [5, 5.41) is 10.5. The zero-order valence-electron chi connectivity index (χ0n) is 5.38. The quantitative estimate of drug-likeness (QED) is 0.499. The molecule has 11 heavy (non-hydrogen) atoms. The second kappa shape index (κ2) is 2.92. The van der Waals surface area contributed by atoms with Crippen molar-refractivity contribution in [2.45, 2.75) is 0 Å². The third-order valence-corrected chi connectivity index (χ3v) is 1.10. The van der Waals surface area contributed by atoms with Crippen molar-refractivity contribution >= 4 is 5.69 Å². The van der Waals surface area contributed by atoms with Gasteiger partial charge in [0.2, 0.25) is 0 Å². The van der Waals surface area contributed by atoms with Gasteiger partial charge in [-0.15, -0.1) is 0 Å². The number of nitrogens with zero attached hydrogens (tertiary/aromatic N) is 2. The topological polar surface area (TPSA) is 40.2 Å². The van der Waals surface area contributed by atoms with Crippen LogP contribution >= 0.6 is 0 Å². The summed E-state index contributed by atoms with van der Waals surface area (Å²) >= 11 is 0. The van der Waals surface area contributed by atoms with Gasteiger partial charge in [-0.3, -0.25) is 0 Å². The molecule has 0 saturated heterocycles. The molecule has 0 spiro atoms. The Balaban J connectivity index is 3.01. The molecule has 0 aliphatic rings. The summed E-state index contributed by atoms with van der Waals surface area (Å²) in [4.78, 5) is 0. The fourth-order valence-corrected chi connectivity index (χ4v) is 0.634. The molecule has 0 saturated carbocycles. The van der Waals surface area contributed by atoms with Gasteiger partial charge in [0, 0.05) is 6.07 Å². The molecular weight excluding hydrogens is 152 g/mol. The molecule has 0 aromatic heterocycles. The van der Waals surface area contributed by atoms with Crippen LogP contribution in [-0.2, 0) is 0 Å². The van der Waals surface area contributed by atoms with Gasteiger partial charge in [-0.1, -0.05) is 0 Å². The lowest BCUT2D eigenvalue weighted by molar-refractivity contribution is 0.586. The summed E-state index contributed by atoms with van der Waals surface area (Å²) in [6.07, 6.45) is 0. The maximum Gasteiger partial charge on any atom is 0.308 e. The number of hydrogen-bond donors (Lipinski definition) is 1. The van der Waals surface area contributed by atoms with Gasteiger partial charge in [0.1, 0.15) is 5.82 Å². The van der Waals surface area contributed by atoms with E-state index in [0.717, 1.165) is 12.1 Å². The first-order valence-corrected chi connectivity index (χ1v) is 2.79. The van der Waals surface area contributed by atoms with Crippen molar-refractivity contribution in [3.8, 4) is 0 Å². The molecular formula is C6H4F2N3+. The van der Waals surface area contributed by atoms with E-state index >= 15 is 0 Å². The smallest absolute Gasteiger partial charge is 0.207 e. The lowest BCUT2D eigenvalue weighted by Crippen LogP contribution is -1.89. The summed E-state index contributed by atoms with van der Waals surface area (Å²) in [6, 6.07) is 2.87. The molecule has 0 aliphatic carbocycles. The van der Waals surface area contributed by atoms with E-state index in [1.165, 1.54) is 0 Å². The van der Waals surface area contributed by atoms with Crippen LogP contribution in [0.1, 0.15) is 0 Å². The Morgan fingerprint density at radius 2 is 2.09 bits per heavy atom. The summed E-state index contributed by atoms with van der Waals surface area (Å²) in [5.41, 5.74) is 1.87. The summed E-state index contributed by atoms with van der Waals surface area (Å²) in [6.45, 7) is 0. The largest absolute Gasteiger partial charge is 0.308 e. The minimum absolute atomic E-state index is 0.0751. The third kappa shape index (κ3) is 1.61. The minimum atomic E-state index is -0.803. The molecule has 1 N–H and O–H groups in total. The maximum absolute atomic E-state index is 12.6. The normalized spacial score (nSPS) is 8.82. The third-order valence-electron chi connectivity index (χ3n) is 1.10. The van der Waals surface area contributed by atoms with Gasteiger partial charge in [0.25, 0.3) is 5.39 Å². The Hall–Kier alpha value is -1.70. The summed E-state index contributed by atoms with van der Waals surface area (Å²) < 4.78 is 24.8. The average molecular weight is 156 g/mol. The van der Waals surface area contributed by atoms with Gasteiger partial charge >= 0.3 is 5.08 Å². The van der Waals surface area contributed by atoms with E-state index < -0.39 is 11.6 Å². The van der Waals surface area contributed by atoms with E-state index in [4.69, 9.17) is 5.39 Å². The number of diazo groups is 1. The van der Waals surface area contributed by atoms with Crippen molar-refractivity contribution in [3.63, 3.8) is 0 Å². The van der Waals surface area contributed by atoms with E-state index in [9.17, 15) is 8.78 Å². The highest BCUT2D eigenvalue weighted by Crippen LogP contribution is 2.14. The van der Waals surface area contributed by atoms with Gasteiger partial charge in [0.05, 0.1) is 0 Å². The lowest BCUT2D eigenvalue weighted by Gasteiger charge is -1.91. The molecule has 0 aliphatic heterocycles. The highest BCUT2D eigenvalue weighted by atomic mass is 19.1. The van der Waals surface area contributed by atoms with Crippen molar-refractivity contribution in [2.24, 2.45) is 0 Å². The Morgan fingerprint density at radius 1 is 1.36 bits per heavy atom. The van der Waals surface area contributed by atoms with Gasteiger partial charge in [-0.05, 0) is 17.6 Å². The molecule has 0 fully saturated rings.